The van der Waals surface area contributed by atoms with Gasteiger partial charge in [-0.1, -0.05) is 67.8 Å². The van der Waals surface area contributed by atoms with Gasteiger partial charge in [0.05, 0.1) is 0 Å². The number of benzene rings is 2. The molecule has 1 N–H and O–H groups in total. The minimum atomic E-state index is -1.14. The summed E-state index contributed by atoms with van der Waals surface area (Å²) >= 11 is 0. The molecule has 0 aromatic heterocycles. The molecule has 0 spiro atoms. The minimum Gasteiger partial charge on any atom is -0.479 e. The zero-order valence-corrected chi connectivity index (χ0v) is 16.8. The van der Waals surface area contributed by atoms with E-state index in [0.29, 0.717) is 19.4 Å². The second-order valence-corrected chi connectivity index (χ2v) is 7.95. The number of nitrogens with zero attached hydrogens (tertiary/aromatic N) is 1. The summed E-state index contributed by atoms with van der Waals surface area (Å²) in [6, 6.07) is 16.4. The fourth-order valence-corrected chi connectivity index (χ4v) is 5.01. The molecule has 0 unspecified atom stereocenters. The monoisotopic (exact) mass is 393 g/mol. The summed E-state index contributed by atoms with van der Waals surface area (Å²) in [5.41, 5.74) is 3.50. The molecule has 0 aliphatic heterocycles. The number of hydrogen-bond acceptors (Lipinski definition) is 3. The van der Waals surface area contributed by atoms with E-state index in [-0.39, 0.29) is 12.5 Å². The molecule has 0 bridgehead atoms. The van der Waals surface area contributed by atoms with Gasteiger partial charge in [0.1, 0.15) is 12.1 Å². The lowest BCUT2D eigenvalue weighted by Gasteiger charge is -2.41. The Labute approximate surface area is 171 Å². The fourth-order valence-electron chi connectivity index (χ4n) is 5.01. The van der Waals surface area contributed by atoms with Gasteiger partial charge in [0.2, 0.25) is 0 Å². The van der Waals surface area contributed by atoms with Crippen LogP contribution in [0.15, 0.2) is 48.5 Å². The summed E-state index contributed by atoms with van der Waals surface area (Å²) in [6.07, 6.45) is 3.09. The Morgan fingerprint density at radius 2 is 1.55 bits per heavy atom. The number of carbonyl (C=O) groups is 2. The molecule has 2 aliphatic carbocycles. The third-order valence-corrected chi connectivity index (χ3v) is 6.47. The lowest BCUT2D eigenvalue weighted by Crippen LogP contribution is -2.58. The quantitative estimate of drug-likeness (QED) is 0.772. The molecule has 1 amide bonds. The van der Waals surface area contributed by atoms with Crippen LogP contribution in [0.5, 0.6) is 0 Å². The van der Waals surface area contributed by atoms with Crippen LogP contribution in [0.2, 0.25) is 0 Å². The standard InChI is InChI=1S/C24H27NO4/c1-2-25(24(22(26)27)14-8-3-9-15-24)23(28)29-16-21-19-12-6-4-10-17(19)18-11-5-7-13-20(18)21/h4-7,10-13,21H,2-3,8-9,14-16H2,1H3,(H,26,27). The van der Waals surface area contributed by atoms with Crippen molar-refractivity contribution < 1.29 is 19.4 Å². The van der Waals surface area contributed by atoms with Crippen molar-refractivity contribution in [2.24, 2.45) is 0 Å². The summed E-state index contributed by atoms with van der Waals surface area (Å²) in [6.45, 7) is 2.35. The average Bonchev–Trinajstić information content (AvgIpc) is 3.07. The summed E-state index contributed by atoms with van der Waals surface area (Å²) in [7, 11) is 0. The SMILES string of the molecule is CCN(C(=O)OCC1c2ccccc2-c2ccccc21)C1(C(=O)O)CCCCC1. The van der Waals surface area contributed by atoms with Gasteiger partial charge in [0.15, 0.2) is 0 Å². The second kappa shape index (κ2) is 7.90. The lowest BCUT2D eigenvalue weighted by molar-refractivity contribution is -0.153. The largest absolute Gasteiger partial charge is 0.479 e. The predicted molar refractivity (Wildman–Crippen MR) is 111 cm³/mol. The van der Waals surface area contributed by atoms with Crippen LogP contribution in [0.3, 0.4) is 0 Å². The number of hydrogen-bond donors (Lipinski definition) is 1. The fraction of sp³-hybridized carbons (Fsp3) is 0.417. The van der Waals surface area contributed by atoms with Crippen LogP contribution in [-0.2, 0) is 9.53 Å². The topological polar surface area (TPSA) is 66.8 Å². The molecule has 4 rings (SSSR count). The summed E-state index contributed by atoms with van der Waals surface area (Å²) in [4.78, 5) is 26.6. The molecular formula is C24H27NO4. The lowest BCUT2D eigenvalue weighted by atomic mass is 9.80. The third kappa shape index (κ3) is 3.28. The molecule has 0 saturated heterocycles. The number of amides is 1. The maximum atomic E-state index is 13.0. The molecule has 2 aliphatic rings. The van der Waals surface area contributed by atoms with E-state index in [1.165, 1.54) is 16.0 Å². The summed E-state index contributed by atoms with van der Waals surface area (Å²) < 4.78 is 5.74. The molecule has 0 radical (unpaired) electrons. The zero-order valence-electron chi connectivity index (χ0n) is 16.8. The predicted octanol–water partition coefficient (Wildman–Crippen LogP) is 5.04. The van der Waals surface area contributed by atoms with Gasteiger partial charge in [-0.3, -0.25) is 4.90 Å². The average molecular weight is 393 g/mol. The van der Waals surface area contributed by atoms with Gasteiger partial charge in [0, 0.05) is 12.5 Å². The summed E-state index contributed by atoms with van der Waals surface area (Å²) in [5.74, 6) is -0.954. The van der Waals surface area contributed by atoms with Crippen molar-refractivity contribution in [3.05, 3.63) is 59.7 Å². The van der Waals surface area contributed by atoms with Crippen LogP contribution in [0, 0.1) is 0 Å². The first-order chi connectivity index (χ1) is 14.1. The van der Waals surface area contributed by atoms with Crippen LogP contribution in [0.4, 0.5) is 4.79 Å². The molecule has 2 aromatic carbocycles. The van der Waals surface area contributed by atoms with Crippen LogP contribution in [0.25, 0.3) is 11.1 Å². The maximum absolute atomic E-state index is 13.0. The van der Waals surface area contributed by atoms with Gasteiger partial charge in [-0.05, 0) is 42.0 Å². The number of carbonyl (C=O) groups excluding carboxylic acids is 1. The van der Waals surface area contributed by atoms with E-state index >= 15 is 0 Å². The number of ether oxygens (including phenoxy) is 1. The van der Waals surface area contributed by atoms with E-state index in [1.54, 1.807) is 0 Å². The Kier molecular flexibility index (Phi) is 5.31. The number of carboxylic acids is 1. The van der Waals surface area contributed by atoms with Gasteiger partial charge in [-0.2, -0.15) is 0 Å². The van der Waals surface area contributed by atoms with Crippen molar-refractivity contribution in [3.63, 3.8) is 0 Å². The van der Waals surface area contributed by atoms with Crippen LogP contribution >= 0.6 is 0 Å². The highest BCUT2D eigenvalue weighted by atomic mass is 16.6. The number of carboxylic acid groups (broad SMARTS) is 1. The second-order valence-electron chi connectivity index (χ2n) is 7.95. The molecule has 0 heterocycles. The highest BCUT2D eigenvalue weighted by molar-refractivity contribution is 5.85. The van der Waals surface area contributed by atoms with Gasteiger partial charge in [-0.25, -0.2) is 9.59 Å². The van der Waals surface area contributed by atoms with Crippen LogP contribution in [-0.4, -0.2) is 40.8 Å². The molecule has 2 aromatic rings. The van der Waals surface area contributed by atoms with Gasteiger partial charge >= 0.3 is 12.1 Å². The van der Waals surface area contributed by atoms with Crippen molar-refractivity contribution in [2.45, 2.75) is 50.5 Å². The van der Waals surface area contributed by atoms with E-state index in [9.17, 15) is 14.7 Å². The summed E-state index contributed by atoms with van der Waals surface area (Å²) in [5, 5.41) is 9.93. The van der Waals surface area contributed by atoms with Crippen LogP contribution < -0.4 is 0 Å². The van der Waals surface area contributed by atoms with E-state index in [4.69, 9.17) is 4.74 Å². The maximum Gasteiger partial charge on any atom is 0.410 e. The van der Waals surface area contributed by atoms with Crippen molar-refractivity contribution >= 4 is 12.1 Å². The molecule has 29 heavy (non-hydrogen) atoms. The Morgan fingerprint density at radius 3 is 2.07 bits per heavy atom. The molecule has 5 nitrogen and oxygen atoms in total. The molecule has 1 saturated carbocycles. The Morgan fingerprint density at radius 1 is 1.00 bits per heavy atom. The van der Waals surface area contributed by atoms with Gasteiger partial charge in [0.25, 0.3) is 0 Å². The van der Waals surface area contributed by atoms with Crippen molar-refractivity contribution in [1.29, 1.82) is 0 Å². The first kappa shape index (κ1) is 19.5. The highest BCUT2D eigenvalue weighted by Crippen LogP contribution is 2.44. The van der Waals surface area contributed by atoms with E-state index in [2.05, 4.69) is 24.3 Å². The van der Waals surface area contributed by atoms with Crippen molar-refractivity contribution in [3.8, 4) is 11.1 Å². The van der Waals surface area contributed by atoms with Gasteiger partial charge in [-0.15, -0.1) is 0 Å². The van der Waals surface area contributed by atoms with E-state index in [0.717, 1.165) is 30.4 Å². The molecule has 0 atom stereocenters. The van der Waals surface area contributed by atoms with Crippen molar-refractivity contribution in [2.75, 3.05) is 13.2 Å². The highest BCUT2D eigenvalue weighted by Gasteiger charge is 2.47. The minimum absolute atomic E-state index is 0.0304. The third-order valence-electron chi connectivity index (χ3n) is 6.47. The number of likely N-dealkylation sites (N-methyl/N-ethyl adjacent to an activating group) is 1. The van der Waals surface area contributed by atoms with E-state index < -0.39 is 17.6 Å². The van der Waals surface area contributed by atoms with E-state index in [1.807, 2.05) is 31.2 Å². The van der Waals surface area contributed by atoms with Crippen molar-refractivity contribution in [1.82, 2.24) is 4.90 Å². The van der Waals surface area contributed by atoms with Gasteiger partial charge < -0.3 is 9.84 Å². The number of fused-ring (bicyclic) bond motifs is 3. The first-order valence-electron chi connectivity index (χ1n) is 10.4. The number of rotatable bonds is 5. The zero-order chi connectivity index (χ0) is 20.4. The molecule has 1 fully saturated rings. The number of aliphatic carboxylic acids is 1. The molecular weight excluding hydrogens is 366 g/mol. The smallest absolute Gasteiger partial charge is 0.410 e. The molecule has 5 heteroatoms. The normalized spacial score (nSPS) is 17.3. The Balaban J connectivity index is 1.55. The first-order valence-corrected chi connectivity index (χ1v) is 10.4. The molecule has 152 valence electrons. The van der Waals surface area contributed by atoms with Crippen LogP contribution in [0.1, 0.15) is 56.1 Å². The Bertz CT molecular complexity index is 871. The Hall–Kier alpha value is -2.82.